The quantitative estimate of drug-likeness (QED) is 0.819. The van der Waals surface area contributed by atoms with Crippen LogP contribution in [0.4, 0.5) is 0 Å². The van der Waals surface area contributed by atoms with Crippen molar-refractivity contribution in [3.8, 4) is 5.75 Å². The Morgan fingerprint density at radius 3 is 3.14 bits per heavy atom. The number of carboxylic acids is 1. The fourth-order valence-corrected chi connectivity index (χ4v) is 3.11. The third kappa shape index (κ3) is 6.23. The van der Waals surface area contributed by atoms with Gasteiger partial charge < -0.3 is 9.84 Å². The molecule has 2 rings (SSSR count). The van der Waals surface area contributed by atoms with Crippen LogP contribution < -0.4 is 4.74 Å². The van der Waals surface area contributed by atoms with Crippen LogP contribution in [-0.4, -0.2) is 53.7 Å². The van der Waals surface area contributed by atoms with Crippen LogP contribution in [0.2, 0.25) is 0 Å². The van der Waals surface area contributed by atoms with Crippen LogP contribution >= 0.6 is 11.8 Å². The minimum atomic E-state index is -0.944. The molecule has 1 aromatic carbocycles. The second-order valence-corrected chi connectivity index (χ2v) is 6.12. The molecule has 0 radical (unpaired) electrons. The van der Waals surface area contributed by atoms with Crippen molar-refractivity contribution < 1.29 is 14.6 Å². The maximum atomic E-state index is 10.5. The van der Waals surface area contributed by atoms with E-state index in [-0.39, 0.29) is 0 Å². The van der Waals surface area contributed by atoms with Crippen molar-refractivity contribution in [2.75, 3.05) is 37.7 Å². The first-order valence-electron chi connectivity index (χ1n) is 7.18. The Kier molecular flexibility index (Phi) is 6.63. The lowest BCUT2D eigenvalue weighted by molar-refractivity contribution is -0.131. The van der Waals surface area contributed by atoms with Crippen molar-refractivity contribution in [3.63, 3.8) is 0 Å². The second-order valence-electron chi connectivity index (χ2n) is 4.90. The van der Waals surface area contributed by atoms with E-state index >= 15 is 0 Å². The number of hydrogen-bond acceptors (Lipinski definition) is 4. The molecular formula is C16H21NO3S. The Hall–Kier alpha value is -1.46. The third-order valence-electron chi connectivity index (χ3n) is 3.27. The van der Waals surface area contributed by atoms with Gasteiger partial charge in [0.2, 0.25) is 0 Å². The molecule has 0 atom stereocenters. The van der Waals surface area contributed by atoms with Gasteiger partial charge in [-0.3, -0.25) is 4.90 Å². The molecule has 0 unspecified atom stereocenters. The molecule has 114 valence electrons. The van der Waals surface area contributed by atoms with Crippen LogP contribution in [0.3, 0.4) is 0 Å². The fraction of sp³-hybridized carbons (Fsp3) is 0.438. The molecule has 1 aliphatic heterocycles. The van der Waals surface area contributed by atoms with E-state index in [0.717, 1.165) is 37.0 Å². The van der Waals surface area contributed by atoms with Gasteiger partial charge in [-0.15, -0.1) is 0 Å². The predicted molar refractivity (Wildman–Crippen MR) is 87.0 cm³/mol. The summed E-state index contributed by atoms with van der Waals surface area (Å²) < 4.78 is 5.77. The third-order valence-corrected chi connectivity index (χ3v) is 4.32. The lowest BCUT2D eigenvalue weighted by Crippen LogP contribution is -2.30. The number of hydrogen-bond donors (Lipinski definition) is 1. The highest BCUT2D eigenvalue weighted by atomic mass is 32.2. The molecule has 1 aromatic rings. The highest BCUT2D eigenvalue weighted by molar-refractivity contribution is 7.99. The number of thioether (sulfide) groups is 1. The molecule has 1 aliphatic rings. The van der Waals surface area contributed by atoms with Gasteiger partial charge in [-0.2, -0.15) is 11.8 Å². The lowest BCUT2D eigenvalue weighted by Gasteiger charge is -2.19. The summed E-state index contributed by atoms with van der Waals surface area (Å²) in [5, 5.41) is 8.63. The summed E-state index contributed by atoms with van der Waals surface area (Å²) in [7, 11) is 0. The van der Waals surface area contributed by atoms with Gasteiger partial charge in [0.15, 0.2) is 0 Å². The van der Waals surface area contributed by atoms with E-state index in [1.54, 1.807) is 6.08 Å². The zero-order chi connectivity index (χ0) is 14.9. The maximum absolute atomic E-state index is 10.5. The minimum Gasteiger partial charge on any atom is -0.492 e. The zero-order valence-electron chi connectivity index (χ0n) is 12.0. The van der Waals surface area contributed by atoms with Crippen molar-refractivity contribution in [1.29, 1.82) is 0 Å². The van der Waals surface area contributed by atoms with Gasteiger partial charge in [-0.25, -0.2) is 4.79 Å². The number of aliphatic carboxylic acids is 1. The average Bonchev–Trinajstić information content (AvgIpc) is 2.74. The van der Waals surface area contributed by atoms with Gasteiger partial charge in [-0.05, 0) is 42.5 Å². The number of benzene rings is 1. The lowest BCUT2D eigenvalue weighted by atomic mass is 10.2. The Bertz CT molecular complexity index is 482. The predicted octanol–water partition coefficient (Wildman–Crippen LogP) is 2.60. The molecule has 0 amide bonds. The maximum Gasteiger partial charge on any atom is 0.328 e. The van der Waals surface area contributed by atoms with Gasteiger partial charge in [0, 0.05) is 24.9 Å². The van der Waals surface area contributed by atoms with Gasteiger partial charge in [0.25, 0.3) is 0 Å². The van der Waals surface area contributed by atoms with Crippen LogP contribution in [-0.2, 0) is 4.79 Å². The van der Waals surface area contributed by atoms with Crippen molar-refractivity contribution in [3.05, 3.63) is 35.9 Å². The van der Waals surface area contributed by atoms with Gasteiger partial charge in [-0.1, -0.05) is 12.1 Å². The Morgan fingerprint density at radius 2 is 2.29 bits per heavy atom. The molecule has 4 nitrogen and oxygen atoms in total. The molecule has 5 heteroatoms. The van der Waals surface area contributed by atoms with Gasteiger partial charge >= 0.3 is 5.97 Å². The summed E-state index contributed by atoms with van der Waals surface area (Å²) in [6.45, 7) is 3.89. The number of ether oxygens (including phenoxy) is 1. The molecule has 0 saturated carbocycles. The summed E-state index contributed by atoms with van der Waals surface area (Å²) in [5.74, 6) is 2.30. The second kappa shape index (κ2) is 8.74. The minimum absolute atomic E-state index is 0.663. The first-order chi connectivity index (χ1) is 10.2. The van der Waals surface area contributed by atoms with Crippen LogP contribution in [0.15, 0.2) is 30.3 Å². The SMILES string of the molecule is O=C(O)C=Cc1cccc(OCCN2CCCSCC2)c1. The molecule has 1 N–H and O–H groups in total. The molecule has 0 bridgehead atoms. The summed E-state index contributed by atoms with van der Waals surface area (Å²) in [6.07, 6.45) is 3.95. The number of carbonyl (C=O) groups is 1. The van der Waals surface area contributed by atoms with Crippen molar-refractivity contribution in [2.45, 2.75) is 6.42 Å². The van der Waals surface area contributed by atoms with Crippen molar-refractivity contribution >= 4 is 23.8 Å². The topological polar surface area (TPSA) is 49.8 Å². The largest absolute Gasteiger partial charge is 0.492 e. The van der Waals surface area contributed by atoms with E-state index in [1.165, 1.54) is 17.9 Å². The van der Waals surface area contributed by atoms with Crippen molar-refractivity contribution in [1.82, 2.24) is 4.90 Å². The molecule has 0 aliphatic carbocycles. The monoisotopic (exact) mass is 307 g/mol. The molecule has 1 heterocycles. The highest BCUT2D eigenvalue weighted by Gasteiger charge is 2.08. The average molecular weight is 307 g/mol. The summed E-state index contributed by atoms with van der Waals surface area (Å²) in [5.41, 5.74) is 0.834. The highest BCUT2D eigenvalue weighted by Crippen LogP contribution is 2.15. The Balaban J connectivity index is 1.79. The van der Waals surface area contributed by atoms with E-state index in [9.17, 15) is 4.79 Å². The molecule has 21 heavy (non-hydrogen) atoms. The van der Waals surface area contributed by atoms with E-state index in [0.29, 0.717) is 6.61 Å². The van der Waals surface area contributed by atoms with Crippen LogP contribution in [0.25, 0.3) is 6.08 Å². The smallest absolute Gasteiger partial charge is 0.328 e. The van der Waals surface area contributed by atoms with Gasteiger partial charge in [0.05, 0.1) is 0 Å². The van der Waals surface area contributed by atoms with Crippen molar-refractivity contribution in [2.24, 2.45) is 0 Å². The first kappa shape index (κ1) is 15.9. The first-order valence-corrected chi connectivity index (χ1v) is 8.33. The van der Waals surface area contributed by atoms with Crippen LogP contribution in [0, 0.1) is 0 Å². The zero-order valence-corrected chi connectivity index (χ0v) is 12.8. The summed E-state index contributed by atoms with van der Waals surface area (Å²) >= 11 is 2.02. The van der Waals surface area contributed by atoms with Gasteiger partial charge in [0.1, 0.15) is 12.4 Å². The molecular weight excluding hydrogens is 286 g/mol. The number of nitrogens with zero attached hydrogens (tertiary/aromatic N) is 1. The molecule has 1 fully saturated rings. The van der Waals surface area contributed by atoms with E-state index in [2.05, 4.69) is 4.90 Å². The van der Waals surface area contributed by atoms with Crippen LogP contribution in [0.5, 0.6) is 5.75 Å². The summed E-state index contributed by atoms with van der Waals surface area (Å²) in [4.78, 5) is 12.9. The normalized spacial score (nSPS) is 16.8. The molecule has 0 aromatic heterocycles. The van der Waals surface area contributed by atoms with E-state index in [1.807, 2.05) is 36.0 Å². The van der Waals surface area contributed by atoms with Crippen LogP contribution in [0.1, 0.15) is 12.0 Å². The van der Waals surface area contributed by atoms with E-state index < -0.39 is 5.97 Å². The van der Waals surface area contributed by atoms with E-state index in [4.69, 9.17) is 9.84 Å². The number of rotatable bonds is 6. The molecule has 1 saturated heterocycles. The number of carboxylic acid groups (broad SMARTS) is 1. The Morgan fingerprint density at radius 1 is 1.38 bits per heavy atom. The summed E-state index contributed by atoms with van der Waals surface area (Å²) in [6, 6.07) is 7.49. The Labute approximate surface area is 129 Å². The fourth-order valence-electron chi connectivity index (χ4n) is 2.19. The molecule has 0 spiro atoms. The standard InChI is InChI=1S/C16H21NO3S/c18-16(19)6-5-14-3-1-4-15(13-14)20-10-8-17-7-2-11-21-12-9-17/h1,3-6,13H,2,7-12H2,(H,18,19).